The van der Waals surface area contributed by atoms with Crippen molar-refractivity contribution in [1.29, 1.82) is 0 Å². The largest absolute Gasteiger partial charge is 0.502 e. The highest BCUT2D eigenvalue weighted by atomic mass is 16.6. The predicted molar refractivity (Wildman–Crippen MR) is 92.8 cm³/mol. The fourth-order valence-corrected chi connectivity index (χ4v) is 1.72. The molecular weight excluding hydrogens is 312 g/mol. The van der Waals surface area contributed by atoms with E-state index in [1.807, 2.05) is 0 Å². The molecule has 140 valence electrons. The third-order valence-electron chi connectivity index (χ3n) is 3.07. The Kier molecular flexibility index (Phi) is 15.5. The van der Waals surface area contributed by atoms with Gasteiger partial charge in [-0.2, -0.15) is 0 Å². The van der Waals surface area contributed by atoms with E-state index in [0.29, 0.717) is 32.0 Å². The van der Waals surface area contributed by atoms with Gasteiger partial charge in [0.15, 0.2) is 0 Å². The van der Waals surface area contributed by atoms with E-state index >= 15 is 0 Å². The third-order valence-corrected chi connectivity index (χ3v) is 3.07. The van der Waals surface area contributed by atoms with Gasteiger partial charge < -0.3 is 23.7 Å². The second-order valence-electron chi connectivity index (χ2n) is 5.39. The molecule has 0 aromatic rings. The van der Waals surface area contributed by atoms with Crippen LogP contribution in [0.5, 0.6) is 0 Å². The number of esters is 1. The van der Waals surface area contributed by atoms with E-state index in [1.54, 1.807) is 14.0 Å². The number of carbonyl (C=O) groups excluding carboxylic acids is 1. The topological polar surface area (TPSA) is 63.2 Å². The minimum absolute atomic E-state index is 0.160. The van der Waals surface area contributed by atoms with Crippen LogP contribution in [0.2, 0.25) is 0 Å². The number of ether oxygens (including phenoxy) is 5. The van der Waals surface area contributed by atoms with E-state index < -0.39 is 5.97 Å². The van der Waals surface area contributed by atoms with Crippen LogP contribution in [-0.2, 0) is 28.5 Å². The molecule has 0 fully saturated rings. The molecule has 0 aromatic carbocycles. The fourth-order valence-electron chi connectivity index (χ4n) is 1.72. The average Bonchev–Trinajstić information content (AvgIpc) is 2.57. The molecule has 0 aliphatic carbocycles. The number of carbonyl (C=O) groups is 1. The van der Waals surface area contributed by atoms with Gasteiger partial charge in [0.2, 0.25) is 0 Å². The molecule has 1 unspecified atom stereocenters. The zero-order chi connectivity index (χ0) is 18.0. The first kappa shape index (κ1) is 22.6. The molecule has 0 heterocycles. The zero-order valence-electron chi connectivity index (χ0n) is 15.1. The van der Waals surface area contributed by atoms with Crippen LogP contribution in [0.15, 0.2) is 25.0 Å². The van der Waals surface area contributed by atoms with Gasteiger partial charge in [-0.25, -0.2) is 4.79 Å². The van der Waals surface area contributed by atoms with E-state index in [9.17, 15) is 4.79 Å². The maximum absolute atomic E-state index is 11.5. The van der Waals surface area contributed by atoms with Crippen LogP contribution in [0.3, 0.4) is 0 Å². The van der Waals surface area contributed by atoms with Gasteiger partial charge in [-0.05, 0) is 32.6 Å². The van der Waals surface area contributed by atoms with Gasteiger partial charge in [0.1, 0.15) is 12.7 Å². The minimum atomic E-state index is -0.414. The molecule has 1 atom stereocenters. The second-order valence-corrected chi connectivity index (χ2v) is 5.39. The summed E-state index contributed by atoms with van der Waals surface area (Å²) < 4.78 is 26.5. The first-order chi connectivity index (χ1) is 11.6. The van der Waals surface area contributed by atoms with E-state index in [1.165, 1.54) is 6.26 Å². The van der Waals surface area contributed by atoms with Crippen LogP contribution in [0.25, 0.3) is 0 Å². The first-order valence-electron chi connectivity index (χ1n) is 8.35. The highest BCUT2D eigenvalue weighted by Crippen LogP contribution is 2.02. The normalized spacial score (nSPS) is 11.8. The maximum atomic E-state index is 11.5. The molecule has 0 bridgehead atoms. The number of methoxy groups -OCH3 is 1. The van der Waals surface area contributed by atoms with Crippen molar-refractivity contribution in [2.24, 2.45) is 0 Å². The summed E-state index contributed by atoms with van der Waals surface area (Å²) in [5.74, 6) is -0.414. The van der Waals surface area contributed by atoms with Gasteiger partial charge in [-0.1, -0.05) is 13.2 Å². The minimum Gasteiger partial charge on any atom is -0.502 e. The molecule has 0 saturated heterocycles. The molecule has 0 amide bonds. The summed E-state index contributed by atoms with van der Waals surface area (Å²) in [6, 6.07) is 0. The Bertz CT molecular complexity index is 342. The Morgan fingerprint density at radius 2 is 1.71 bits per heavy atom. The van der Waals surface area contributed by atoms with Crippen molar-refractivity contribution in [1.82, 2.24) is 0 Å². The molecule has 0 radical (unpaired) electrons. The standard InChI is InChI=1S/C18H32O6/c1-5-21-11-8-9-13-23-17(15-24-18(19)16(2)3)14-22-12-7-6-10-20-4/h5,17H,1-2,6-15H2,3-4H3. The monoisotopic (exact) mass is 344 g/mol. The van der Waals surface area contributed by atoms with Crippen molar-refractivity contribution in [2.45, 2.75) is 38.7 Å². The fraction of sp³-hybridized carbons (Fsp3) is 0.722. The van der Waals surface area contributed by atoms with Crippen molar-refractivity contribution in [3.05, 3.63) is 25.0 Å². The lowest BCUT2D eigenvalue weighted by molar-refractivity contribution is -0.145. The molecule has 6 heteroatoms. The van der Waals surface area contributed by atoms with E-state index in [0.717, 1.165) is 32.3 Å². The molecule has 24 heavy (non-hydrogen) atoms. The number of rotatable bonds is 17. The van der Waals surface area contributed by atoms with Gasteiger partial charge >= 0.3 is 5.97 Å². The number of hydrogen-bond donors (Lipinski definition) is 0. The summed E-state index contributed by atoms with van der Waals surface area (Å²) >= 11 is 0. The summed E-state index contributed by atoms with van der Waals surface area (Å²) in [7, 11) is 1.68. The smallest absolute Gasteiger partial charge is 0.333 e. The van der Waals surface area contributed by atoms with Crippen molar-refractivity contribution in [3.8, 4) is 0 Å². The summed E-state index contributed by atoms with van der Waals surface area (Å²) in [4.78, 5) is 11.5. The van der Waals surface area contributed by atoms with Crippen LogP contribution in [0.4, 0.5) is 0 Å². The SMILES string of the molecule is C=COCCCCOC(COCCCCOC)COC(=O)C(=C)C. The Morgan fingerprint density at radius 1 is 1.04 bits per heavy atom. The summed E-state index contributed by atoms with van der Waals surface area (Å²) in [5, 5.41) is 0. The molecule has 6 nitrogen and oxygen atoms in total. The molecular formula is C18H32O6. The summed E-state index contributed by atoms with van der Waals surface area (Å²) in [6.07, 6.45) is 4.75. The highest BCUT2D eigenvalue weighted by molar-refractivity contribution is 5.86. The summed E-state index contributed by atoms with van der Waals surface area (Å²) in [6.45, 7) is 11.8. The molecule has 0 spiro atoms. The van der Waals surface area contributed by atoms with Crippen LogP contribution < -0.4 is 0 Å². The van der Waals surface area contributed by atoms with Crippen LogP contribution in [0, 0.1) is 0 Å². The summed E-state index contributed by atoms with van der Waals surface area (Å²) in [5.41, 5.74) is 0.371. The lowest BCUT2D eigenvalue weighted by Gasteiger charge is -2.18. The molecule has 0 aromatic heterocycles. The highest BCUT2D eigenvalue weighted by Gasteiger charge is 2.13. The van der Waals surface area contributed by atoms with E-state index in [2.05, 4.69) is 13.2 Å². The quantitative estimate of drug-likeness (QED) is 0.175. The van der Waals surface area contributed by atoms with Gasteiger partial charge in [0.25, 0.3) is 0 Å². The van der Waals surface area contributed by atoms with Gasteiger partial charge in [0.05, 0.1) is 19.5 Å². The molecule has 0 saturated carbocycles. The van der Waals surface area contributed by atoms with Crippen molar-refractivity contribution < 1.29 is 28.5 Å². The second kappa shape index (κ2) is 16.5. The lowest BCUT2D eigenvalue weighted by Crippen LogP contribution is -2.28. The molecule has 0 aliphatic heterocycles. The Hall–Kier alpha value is -1.37. The van der Waals surface area contributed by atoms with Crippen LogP contribution in [0.1, 0.15) is 32.6 Å². The Morgan fingerprint density at radius 3 is 2.38 bits per heavy atom. The lowest BCUT2D eigenvalue weighted by atomic mass is 10.3. The number of hydrogen-bond acceptors (Lipinski definition) is 6. The van der Waals surface area contributed by atoms with Gasteiger partial charge in [-0.15, -0.1) is 0 Å². The predicted octanol–water partition coefficient (Wildman–Crippen LogP) is 2.87. The average molecular weight is 344 g/mol. The van der Waals surface area contributed by atoms with Crippen LogP contribution >= 0.6 is 0 Å². The number of unbranched alkanes of at least 4 members (excludes halogenated alkanes) is 2. The molecule has 0 rings (SSSR count). The van der Waals surface area contributed by atoms with Crippen molar-refractivity contribution in [2.75, 3.05) is 46.8 Å². The maximum Gasteiger partial charge on any atom is 0.333 e. The van der Waals surface area contributed by atoms with Gasteiger partial charge in [-0.3, -0.25) is 0 Å². The van der Waals surface area contributed by atoms with Crippen LogP contribution in [-0.4, -0.2) is 58.8 Å². The van der Waals surface area contributed by atoms with Crippen molar-refractivity contribution >= 4 is 5.97 Å². The van der Waals surface area contributed by atoms with E-state index in [4.69, 9.17) is 23.7 Å². The zero-order valence-corrected chi connectivity index (χ0v) is 15.1. The van der Waals surface area contributed by atoms with Crippen molar-refractivity contribution in [3.63, 3.8) is 0 Å². The Balaban J connectivity index is 3.97. The third kappa shape index (κ3) is 14.2. The first-order valence-corrected chi connectivity index (χ1v) is 8.35. The van der Waals surface area contributed by atoms with E-state index in [-0.39, 0.29) is 12.7 Å². The van der Waals surface area contributed by atoms with Gasteiger partial charge in [0, 0.05) is 32.5 Å². The molecule has 0 N–H and O–H groups in total. The molecule has 0 aliphatic rings. The Labute approximate surface area is 145 Å².